The Morgan fingerprint density at radius 1 is 1.34 bits per heavy atom. The van der Waals surface area contributed by atoms with Crippen LogP contribution >= 0.6 is 11.6 Å². The molecule has 0 amide bonds. The van der Waals surface area contributed by atoms with Crippen molar-refractivity contribution in [3.8, 4) is 5.75 Å². The molecule has 1 heterocycles. The Morgan fingerprint density at radius 3 is 2.66 bits per heavy atom. The third-order valence-corrected chi connectivity index (χ3v) is 6.20. The van der Waals surface area contributed by atoms with Gasteiger partial charge in [-0.15, -0.1) is 0 Å². The molecule has 0 saturated carbocycles. The average Bonchev–Trinajstić information content (AvgIpc) is 2.75. The number of sulfonamides is 1. The lowest BCUT2D eigenvalue weighted by Gasteiger charge is -2.22. The number of nitro groups is 1. The number of benzene rings is 2. The number of aliphatic hydroxyl groups is 1. The van der Waals surface area contributed by atoms with Gasteiger partial charge >= 0.3 is 5.97 Å². The highest BCUT2D eigenvalue weighted by Gasteiger charge is 2.31. The number of ether oxygens (including phenoxy) is 3. The molecule has 32 heavy (non-hydrogen) atoms. The zero-order valence-corrected chi connectivity index (χ0v) is 18.3. The molecule has 0 radical (unpaired) electrons. The van der Waals surface area contributed by atoms with Gasteiger partial charge in [0.2, 0.25) is 10.0 Å². The van der Waals surface area contributed by atoms with Crippen LogP contribution in [0.25, 0.3) is 0 Å². The number of aliphatic hydroxyl groups excluding tert-OH is 1. The van der Waals surface area contributed by atoms with Crippen LogP contribution in [0.15, 0.2) is 41.3 Å². The topological polar surface area (TPSA) is 154 Å². The number of nitro benzene ring substituents is 1. The zero-order valence-electron chi connectivity index (χ0n) is 16.7. The highest BCUT2D eigenvalue weighted by Crippen LogP contribution is 2.33. The minimum absolute atomic E-state index is 0.0785. The van der Waals surface area contributed by atoms with Crippen molar-refractivity contribution in [3.05, 3.63) is 62.7 Å². The van der Waals surface area contributed by atoms with E-state index in [1.165, 1.54) is 43.3 Å². The molecule has 0 spiro atoms. The summed E-state index contributed by atoms with van der Waals surface area (Å²) < 4.78 is 42.9. The maximum absolute atomic E-state index is 12.6. The largest absolute Gasteiger partial charge is 0.467 e. The Balaban J connectivity index is 1.78. The molecule has 2 atom stereocenters. The summed E-state index contributed by atoms with van der Waals surface area (Å²) in [4.78, 5) is 23.0. The summed E-state index contributed by atoms with van der Waals surface area (Å²) in [5.41, 5.74) is 0.363. The van der Waals surface area contributed by atoms with Gasteiger partial charge in [0.05, 0.1) is 22.5 Å². The number of esters is 1. The van der Waals surface area contributed by atoms with Gasteiger partial charge in [0, 0.05) is 28.3 Å². The van der Waals surface area contributed by atoms with Crippen molar-refractivity contribution in [2.75, 3.05) is 6.79 Å². The number of halogens is 1. The predicted octanol–water partition coefficient (Wildman–Crippen LogP) is 1.89. The molecule has 11 nitrogen and oxygen atoms in total. The first kappa shape index (κ1) is 23.9. The first-order valence-corrected chi connectivity index (χ1v) is 11.1. The van der Waals surface area contributed by atoms with Crippen LogP contribution in [0, 0.1) is 10.1 Å². The predicted molar refractivity (Wildman–Crippen MR) is 110 cm³/mol. The van der Waals surface area contributed by atoms with Gasteiger partial charge in [0.15, 0.2) is 6.79 Å². The number of carbonyl (C=O) groups is 1. The fraction of sp³-hybridized carbons (Fsp3) is 0.316. The van der Waals surface area contributed by atoms with Crippen LogP contribution in [-0.2, 0) is 37.5 Å². The number of nitrogens with one attached hydrogen (secondary N) is 1. The van der Waals surface area contributed by atoms with Gasteiger partial charge in [-0.05, 0) is 31.2 Å². The van der Waals surface area contributed by atoms with Crippen LogP contribution in [0.5, 0.6) is 5.75 Å². The molecule has 2 aromatic rings. The smallest absolute Gasteiger partial charge is 0.327 e. The van der Waals surface area contributed by atoms with Gasteiger partial charge < -0.3 is 19.3 Å². The van der Waals surface area contributed by atoms with Gasteiger partial charge in [-0.3, -0.25) is 14.9 Å². The lowest BCUT2D eigenvalue weighted by molar-refractivity contribution is -0.385. The van der Waals surface area contributed by atoms with E-state index >= 15 is 0 Å². The molecular formula is C19H19ClN2O9S. The molecule has 2 aromatic carbocycles. The van der Waals surface area contributed by atoms with Crippen LogP contribution in [0.4, 0.5) is 5.69 Å². The summed E-state index contributed by atoms with van der Waals surface area (Å²) >= 11 is 5.76. The minimum atomic E-state index is -4.18. The second kappa shape index (κ2) is 9.79. The van der Waals surface area contributed by atoms with Gasteiger partial charge in [0.25, 0.3) is 5.69 Å². The molecule has 0 saturated heterocycles. The van der Waals surface area contributed by atoms with E-state index in [-0.39, 0.29) is 35.3 Å². The second-order valence-corrected chi connectivity index (χ2v) is 9.01. The first-order chi connectivity index (χ1) is 15.1. The molecule has 0 aliphatic carbocycles. The molecular weight excluding hydrogens is 468 g/mol. The van der Waals surface area contributed by atoms with Crippen molar-refractivity contribution >= 4 is 33.3 Å². The van der Waals surface area contributed by atoms with Crippen LogP contribution in [0.1, 0.15) is 18.1 Å². The summed E-state index contributed by atoms with van der Waals surface area (Å²) in [7, 11) is -4.18. The highest BCUT2D eigenvalue weighted by molar-refractivity contribution is 7.89. The van der Waals surface area contributed by atoms with Crippen molar-refractivity contribution in [2.24, 2.45) is 0 Å². The van der Waals surface area contributed by atoms with Crippen LogP contribution in [-0.4, -0.2) is 43.4 Å². The number of nitrogens with zero attached hydrogens (tertiary/aromatic N) is 1. The fourth-order valence-electron chi connectivity index (χ4n) is 2.92. The summed E-state index contributed by atoms with van der Waals surface area (Å²) in [6.45, 7) is 0.763. The van der Waals surface area contributed by atoms with Crippen molar-refractivity contribution in [3.63, 3.8) is 0 Å². The van der Waals surface area contributed by atoms with E-state index < -0.39 is 39.7 Å². The van der Waals surface area contributed by atoms with Crippen LogP contribution < -0.4 is 9.46 Å². The van der Waals surface area contributed by atoms with Crippen molar-refractivity contribution in [1.82, 2.24) is 4.72 Å². The third-order valence-electron chi connectivity index (χ3n) is 4.49. The van der Waals surface area contributed by atoms with E-state index in [1.807, 2.05) is 0 Å². The molecule has 13 heteroatoms. The zero-order chi connectivity index (χ0) is 23.5. The van der Waals surface area contributed by atoms with Gasteiger partial charge in [-0.2, -0.15) is 4.72 Å². The number of hydrogen-bond donors (Lipinski definition) is 2. The Bertz CT molecular complexity index is 1120. The Morgan fingerprint density at radius 2 is 2.03 bits per heavy atom. The molecule has 0 bridgehead atoms. The normalized spacial score (nSPS) is 15.2. The van der Waals surface area contributed by atoms with Gasteiger partial charge in [0.1, 0.15) is 18.4 Å². The SMILES string of the molecule is C[C@H](O)[C@H](NS(=O)(=O)c1ccc(Cl)cc1)C(=O)OCc1cc([N+](=O)[O-])cc2c1OCOC2. The maximum atomic E-state index is 12.6. The van der Waals surface area contributed by atoms with E-state index in [2.05, 4.69) is 4.72 Å². The second-order valence-electron chi connectivity index (χ2n) is 6.86. The monoisotopic (exact) mass is 486 g/mol. The molecule has 0 fully saturated rings. The fourth-order valence-corrected chi connectivity index (χ4v) is 4.31. The van der Waals surface area contributed by atoms with E-state index in [1.54, 1.807) is 0 Å². The lowest BCUT2D eigenvalue weighted by atomic mass is 10.1. The molecule has 3 rings (SSSR count). The lowest BCUT2D eigenvalue weighted by Crippen LogP contribution is -2.48. The van der Waals surface area contributed by atoms with Crippen molar-refractivity contribution in [2.45, 2.75) is 37.2 Å². The van der Waals surface area contributed by atoms with Crippen molar-refractivity contribution in [1.29, 1.82) is 0 Å². The standard InChI is InChI=1S/C19H19ClN2O9S/c1-11(23)17(21-32(27,28)16-4-2-14(20)3-5-16)19(24)30-9-13-7-15(22(25)26)6-12-8-29-10-31-18(12)13/h2-7,11,17,21,23H,8-10H2,1H3/t11-,17-/m0/s1. The minimum Gasteiger partial charge on any atom is -0.467 e. The van der Waals surface area contributed by atoms with E-state index in [0.717, 1.165) is 0 Å². The first-order valence-electron chi connectivity index (χ1n) is 9.22. The van der Waals surface area contributed by atoms with Gasteiger partial charge in [-0.1, -0.05) is 11.6 Å². The molecule has 1 aliphatic rings. The maximum Gasteiger partial charge on any atom is 0.327 e. The number of fused-ring (bicyclic) bond motifs is 1. The number of hydrogen-bond acceptors (Lipinski definition) is 9. The molecule has 0 unspecified atom stereocenters. The third kappa shape index (κ3) is 5.53. The summed E-state index contributed by atoms with van der Waals surface area (Å²) in [6.07, 6.45) is -1.44. The molecule has 172 valence electrons. The Hall–Kier alpha value is -2.77. The van der Waals surface area contributed by atoms with E-state index in [4.69, 9.17) is 25.8 Å². The number of non-ortho nitro benzene ring substituents is 1. The average molecular weight is 487 g/mol. The summed E-state index contributed by atoms with van der Waals surface area (Å²) in [6, 6.07) is 6.05. The number of rotatable bonds is 8. The van der Waals surface area contributed by atoms with E-state index in [9.17, 15) is 28.4 Å². The summed E-state index contributed by atoms with van der Waals surface area (Å²) in [5.74, 6) is -0.796. The molecule has 0 aromatic heterocycles. The Kier molecular flexibility index (Phi) is 7.31. The quantitative estimate of drug-likeness (QED) is 0.323. The van der Waals surface area contributed by atoms with Crippen molar-refractivity contribution < 1.29 is 37.5 Å². The Labute approximate surface area is 188 Å². The molecule has 2 N–H and O–H groups in total. The van der Waals surface area contributed by atoms with Crippen LogP contribution in [0.2, 0.25) is 5.02 Å². The highest BCUT2D eigenvalue weighted by atomic mass is 35.5. The summed E-state index contributed by atoms with van der Waals surface area (Å²) in [5, 5.41) is 21.5. The number of carbonyl (C=O) groups excluding carboxylic acids is 1. The van der Waals surface area contributed by atoms with Crippen LogP contribution in [0.3, 0.4) is 0 Å². The van der Waals surface area contributed by atoms with E-state index in [0.29, 0.717) is 10.6 Å². The molecule has 1 aliphatic heterocycles. The van der Waals surface area contributed by atoms with Gasteiger partial charge in [-0.25, -0.2) is 8.42 Å².